The van der Waals surface area contributed by atoms with Crippen LogP contribution < -0.4 is 5.32 Å². The molecule has 2 heterocycles. The first-order chi connectivity index (χ1) is 12.3. The van der Waals surface area contributed by atoms with Gasteiger partial charge in [0, 0.05) is 41.9 Å². The summed E-state index contributed by atoms with van der Waals surface area (Å²) in [6, 6.07) is 12.5. The summed E-state index contributed by atoms with van der Waals surface area (Å²) in [4.78, 5) is 20.7. The molecule has 0 atom stereocenters. The summed E-state index contributed by atoms with van der Waals surface area (Å²) in [5.41, 5.74) is 3.13. The number of benzene rings is 1. The summed E-state index contributed by atoms with van der Waals surface area (Å²) >= 11 is 1.63. The summed E-state index contributed by atoms with van der Waals surface area (Å²) in [7, 11) is 0. The third-order valence-electron chi connectivity index (χ3n) is 3.66. The van der Waals surface area contributed by atoms with Crippen LogP contribution in [0, 0.1) is 11.3 Å². The van der Waals surface area contributed by atoms with Crippen molar-refractivity contribution in [3.63, 3.8) is 0 Å². The van der Waals surface area contributed by atoms with E-state index in [1.807, 2.05) is 23.6 Å². The number of aryl methyl sites for hydroxylation is 1. The zero-order chi connectivity index (χ0) is 17.5. The molecule has 2 aromatic heterocycles. The third kappa shape index (κ3) is 4.49. The van der Waals surface area contributed by atoms with Gasteiger partial charge in [0.05, 0.1) is 22.3 Å². The number of nitrogens with zero attached hydrogens (tertiary/aromatic N) is 3. The van der Waals surface area contributed by atoms with Crippen LogP contribution in [0.5, 0.6) is 0 Å². The molecule has 0 bridgehead atoms. The van der Waals surface area contributed by atoms with Gasteiger partial charge in [0.25, 0.3) is 5.91 Å². The minimum Gasteiger partial charge on any atom is -0.352 e. The first kappa shape index (κ1) is 16.8. The number of thiazole rings is 1. The van der Waals surface area contributed by atoms with E-state index in [1.165, 1.54) is 0 Å². The van der Waals surface area contributed by atoms with Crippen LogP contribution in [-0.2, 0) is 6.42 Å². The average molecular weight is 348 g/mol. The Hall–Kier alpha value is -3.04. The number of pyridine rings is 1. The normalized spacial score (nSPS) is 10.2. The Morgan fingerprint density at radius 3 is 2.64 bits per heavy atom. The van der Waals surface area contributed by atoms with Crippen molar-refractivity contribution in [2.45, 2.75) is 12.8 Å². The van der Waals surface area contributed by atoms with Crippen LogP contribution in [0.3, 0.4) is 0 Å². The second-order valence-corrected chi connectivity index (χ2v) is 6.35. The molecule has 5 nitrogen and oxygen atoms in total. The van der Waals surface area contributed by atoms with Gasteiger partial charge in [-0.25, -0.2) is 4.98 Å². The van der Waals surface area contributed by atoms with E-state index in [-0.39, 0.29) is 5.91 Å². The number of hydrogen-bond donors (Lipinski definition) is 1. The van der Waals surface area contributed by atoms with Crippen LogP contribution in [0.2, 0.25) is 0 Å². The molecule has 0 fully saturated rings. The van der Waals surface area contributed by atoms with Crippen LogP contribution in [0.25, 0.3) is 11.3 Å². The molecule has 124 valence electrons. The molecule has 3 rings (SSSR count). The number of carbonyl (C=O) groups excluding carboxylic acids is 1. The minimum atomic E-state index is -0.124. The highest BCUT2D eigenvalue weighted by Gasteiger charge is 2.06. The Labute approximate surface area is 150 Å². The van der Waals surface area contributed by atoms with Crippen molar-refractivity contribution in [3.05, 3.63) is 70.3 Å². The van der Waals surface area contributed by atoms with Crippen molar-refractivity contribution < 1.29 is 4.79 Å². The highest BCUT2D eigenvalue weighted by Crippen LogP contribution is 2.21. The molecule has 0 aliphatic rings. The predicted molar refractivity (Wildman–Crippen MR) is 97.2 cm³/mol. The molecule has 25 heavy (non-hydrogen) atoms. The fourth-order valence-corrected chi connectivity index (χ4v) is 3.17. The lowest BCUT2D eigenvalue weighted by Gasteiger charge is -2.04. The fraction of sp³-hybridized carbons (Fsp3) is 0.158. The SMILES string of the molecule is N#Cc1ccc(C(=O)NCCCc2nc(-c3ccncc3)cs2)cc1. The molecule has 0 unspecified atom stereocenters. The van der Waals surface area contributed by atoms with Crippen molar-refractivity contribution in [1.82, 2.24) is 15.3 Å². The monoisotopic (exact) mass is 348 g/mol. The Bertz CT molecular complexity index is 882. The van der Waals surface area contributed by atoms with Crippen LogP contribution in [-0.4, -0.2) is 22.4 Å². The summed E-state index contributed by atoms with van der Waals surface area (Å²) in [6.07, 6.45) is 5.16. The Morgan fingerprint density at radius 1 is 1.16 bits per heavy atom. The Morgan fingerprint density at radius 2 is 1.92 bits per heavy atom. The van der Waals surface area contributed by atoms with Crippen LogP contribution in [0.4, 0.5) is 0 Å². The molecule has 0 saturated carbocycles. The smallest absolute Gasteiger partial charge is 0.251 e. The highest BCUT2D eigenvalue weighted by atomic mass is 32.1. The molecule has 3 aromatic rings. The van der Waals surface area contributed by atoms with Gasteiger partial charge in [0.2, 0.25) is 0 Å². The zero-order valence-electron chi connectivity index (χ0n) is 13.5. The van der Waals surface area contributed by atoms with E-state index >= 15 is 0 Å². The van der Waals surface area contributed by atoms with E-state index in [0.717, 1.165) is 29.1 Å². The second-order valence-electron chi connectivity index (χ2n) is 5.41. The first-order valence-corrected chi connectivity index (χ1v) is 8.77. The standard InChI is InChI=1S/C19H16N4OS/c20-12-14-3-5-16(6-4-14)19(24)22-9-1-2-18-23-17(13-25-18)15-7-10-21-11-8-15/h3-8,10-11,13H,1-2,9H2,(H,22,24). The summed E-state index contributed by atoms with van der Waals surface area (Å²) in [5.74, 6) is -0.124. The number of hydrogen-bond acceptors (Lipinski definition) is 5. The van der Waals surface area contributed by atoms with E-state index in [2.05, 4.69) is 15.3 Å². The highest BCUT2D eigenvalue weighted by molar-refractivity contribution is 7.09. The van der Waals surface area contributed by atoms with E-state index in [4.69, 9.17) is 5.26 Å². The van der Waals surface area contributed by atoms with Gasteiger partial charge in [-0.15, -0.1) is 11.3 Å². The van der Waals surface area contributed by atoms with Crippen molar-refractivity contribution in [3.8, 4) is 17.3 Å². The minimum absolute atomic E-state index is 0.124. The van der Waals surface area contributed by atoms with E-state index in [0.29, 0.717) is 17.7 Å². The summed E-state index contributed by atoms with van der Waals surface area (Å²) in [5, 5.41) is 14.8. The quantitative estimate of drug-likeness (QED) is 0.692. The van der Waals surface area contributed by atoms with Crippen molar-refractivity contribution in [2.75, 3.05) is 6.54 Å². The largest absolute Gasteiger partial charge is 0.352 e. The average Bonchev–Trinajstić information content (AvgIpc) is 3.15. The number of rotatable bonds is 6. The van der Waals surface area contributed by atoms with Crippen LogP contribution in [0.1, 0.15) is 27.3 Å². The molecular formula is C19H16N4OS. The maximum absolute atomic E-state index is 12.0. The van der Waals surface area contributed by atoms with Gasteiger partial charge in [0.15, 0.2) is 0 Å². The van der Waals surface area contributed by atoms with Gasteiger partial charge in [0.1, 0.15) is 0 Å². The summed E-state index contributed by atoms with van der Waals surface area (Å²) in [6.45, 7) is 0.586. The molecule has 0 radical (unpaired) electrons. The fourth-order valence-electron chi connectivity index (χ4n) is 2.32. The van der Waals surface area contributed by atoms with Gasteiger partial charge >= 0.3 is 0 Å². The van der Waals surface area contributed by atoms with Gasteiger partial charge in [-0.1, -0.05) is 0 Å². The van der Waals surface area contributed by atoms with Gasteiger partial charge < -0.3 is 5.32 Å². The number of nitrogens with one attached hydrogen (secondary N) is 1. The lowest BCUT2D eigenvalue weighted by molar-refractivity contribution is 0.0953. The Kier molecular flexibility index (Phi) is 5.50. The molecular weight excluding hydrogens is 332 g/mol. The number of amides is 1. The number of carbonyl (C=O) groups is 1. The maximum Gasteiger partial charge on any atom is 0.251 e. The number of aromatic nitrogens is 2. The lowest BCUT2D eigenvalue weighted by atomic mass is 10.1. The van der Waals surface area contributed by atoms with Crippen molar-refractivity contribution in [1.29, 1.82) is 5.26 Å². The third-order valence-corrected chi connectivity index (χ3v) is 4.57. The summed E-state index contributed by atoms with van der Waals surface area (Å²) < 4.78 is 0. The molecule has 0 spiro atoms. The first-order valence-electron chi connectivity index (χ1n) is 7.89. The molecule has 6 heteroatoms. The van der Waals surface area contributed by atoms with Gasteiger partial charge in [-0.05, 0) is 42.8 Å². The van der Waals surface area contributed by atoms with E-state index in [1.54, 1.807) is 48.0 Å². The number of nitriles is 1. The molecule has 0 saturated heterocycles. The van der Waals surface area contributed by atoms with Crippen LogP contribution >= 0.6 is 11.3 Å². The van der Waals surface area contributed by atoms with E-state index < -0.39 is 0 Å². The predicted octanol–water partition coefficient (Wildman–Crippen LogP) is 3.44. The molecule has 1 aromatic carbocycles. The van der Waals surface area contributed by atoms with Crippen LogP contribution in [0.15, 0.2) is 54.2 Å². The second kappa shape index (κ2) is 8.18. The topological polar surface area (TPSA) is 78.7 Å². The maximum atomic E-state index is 12.0. The van der Waals surface area contributed by atoms with Gasteiger partial charge in [-0.2, -0.15) is 5.26 Å². The zero-order valence-corrected chi connectivity index (χ0v) is 14.3. The van der Waals surface area contributed by atoms with E-state index in [9.17, 15) is 4.79 Å². The van der Waals surface area contributed by atoms with Crippen molar-refractivity contribution >= 4 is 17.2 Å². The molecule has 1 amide bonds. The van der Waals surface area contributed by atoms with Gasteiger partial charge in [-0.3, -0.25) is 9.78 Å². The Balaban J connectivity index is 1.46. The lowest BCUT2D eigenvalue weighted by Crippen LogP contribution is -2.24. The molecule has 1 N–H and O–H groups in total. The molecule has 0 aliphatic heterocycles. The van der Waals surface area contributed by atoms with Crippen molar-refractivity contribution in [2.24, 2.45) is 0 Å². The molecule has 0 aliphatic carbocycles.